The first-order valence-electron chi connectivity index (χ1n) is 8.10. The van der Waals surface area contributed by atoms with Gasteiger partial charge in [-0.05, 0) is 37.1 Å². The maximum absolute atomic E-state index is 9.80. The summed E-state index contributed by atoms with van der Waals surface area (Å²) in [5, 5.41) is 15.0. The number of hydrogen-bond acceptors (Lipinski definition) is 3. The number of anilines is 1. The molecule has 0 aliphatic heterocycles. The quantitative estimate of drug-likeness (QED) is 0.942. The summed E-state index contributed by atoms with van der Waals surface area (Å²) in [6.07, 6.45) is 6.92. The Balaban J connectivity index is 2.34. The molecule has 0 atom stereocenters. The van der Waals surface area contributed by atoms with Crippen LogP contribution in [0.15, 0.2) is 36.1 Å². The lowest BCUT2D eigenvalue weighted by atomic mass is 10.1. The molecule has 0 spiro atoms. The molecule has 1 aliphatic carbocycles. The van der Waals surface area contributed by atoms with Crippen LogP contribution in [0.2, 0.25) is 0 Å². The van der Waals surface area contributed by atoms with E-state index in [4.69, 9.17) is 4.74 Å². The molecule has 4 nitrogen and oxygen atoms in total. The fraction of sp³-hybridized carbons (Fsp3) is 0.250. The Kier molecular flexibility index (Phi) is 4.43. The Bertz CT molecular complexity index is 941. The molecular formula is C20H21N3O. The lowest BCUT2D eigenvalue weighted by Gasteiger charge is -2.09. The standard InChI is InChI=1S/C20H21N3O/c1-4-23-19-12-16(24-3)6-5-7-17(19)18(13-21)20(23)14-8-10-15(22-2)11-9-14/h6-12,22H,4-5H2,1-3H3. The van der Waals surface area contributed by atoms with Gasteiger partial charge in [0, 0.05) is 30.6 Å². The van der Waals surface area contributed by atoms with E-state index in [0.29, 0.717) is 0 Å². The topological polar surface area (TPSA) is 50.0 Å². The van der Waals surface area contributed by atoms with Crippen molar-refractivity contribution in [3.8, 4) is 17.3 Å². The minimum atomic E-state index is 0.728. The highest BCUT2D eigenvalue weighted by Gasteiger charge is 2.17. The van der Waals surface area contributed by atoms with Gasteiger partial charge in [-0.2, -0.15) is 5.26 Å². The summed E-state index contributed by atoms with van der Waals surface area (Å²) in [5.74, 6) is 0.832. The molecule has 24 heavy (non-hydrogen) atoms. The van der Waals surface area contributed by atoms with Gasteiger partial charge >= 0.3 is 0 Å². The molecule has 0 radical (unpaired) electrons. The molecule has 0 bridgehead atoms. The van der Waals surface area contributed by atoms with E-state index in [2.05, 4.69) is 41.1 Å². The van der Waals surface area contributed by atoms with Gasteiger partial charge in [0.2, 0.25) is 0 Å². The number of aromatic nitrogens is 1. The van der Waals surface area contributed by atoms with E-state index in [1.807, 2.05) is 31.3 Å². The number of nitriles is 1. The summed E-state index contributed by atoms with van der Waals surface area (Å²) in [6.45, 7) is 2.89. The minimum Gasteiger partial charge on any atom is -0.497 e. The molecule has 0 saturated carbocycles. The average Bonchev–Trinajstić information content (AvgIpc) is 2.77. The van der Waals surface area contributed by atoms with Crippen LogP contribution < -0.4 is 15.9 Å². The van der Waals surface area contributed by atoms with Crippen molar-refractivity contribution in [2.24, 2.45) is 0 Å². The first kappa shape index (κ1) is 15.9. The Morgan fingerprint density at radius 2 is 2.00 bits per heavy atom. The Morgan fingerprint density at radius 3 is 2.58 bits per heavy atom. The van der Waals surface area contributed by atoms with E-state index in [1.54, 1.807) is 7.11 Å². The van der Waals surface area contributed by atoms with Crippen molar-refractivity contribution in [2.45, 2.75) is 19.9 Å². The number of allylic oxidation sites excluding steroid dienone is 2. The Morgan fingerprint density at radius 1 is 1.25 bits per heavy atom. The second-order valence-corrected chi connectivity index (χ2v) is 5.60. The van der Waals surface area contributed by atoms with Crippen LogP contribution in [0.1, 0.15) is 18.9 Å². The zero-order valence-corrected chi connectivity index (χ0v) is 14.3. The third-order valence-corrected chi connectivity index (χ3v) is 4.37. The molecule has 0 amide bonds. The highest BCUT2D eigenvalue weighted by atomic mass is 16.5. The second kappa shape index (κ2) is 6.67. The van der Waals surface area contributed by atoms with E-state index >= 15 is 0 Å². The van der Waals surface area contributed by atoms with E-state index < -0.39 is 0 Å². The lowest BCUT2D eigenvalue weighted by molar-refractivity contribution is 0.312. The van der Waals surface area contributed by atoms with Gasteiger partial charge in [0.15, 0.2) is 0 Å². The number of ether oxygens (including phenoxy) is 1. The van der Waals surface area contributed by atoms with Crippen LogP contribution in [0.3, 0.4) is 0 Å². The molecule has 1 aromatic heterocycles. The Labute approximate surface area is 142 Å². The predicted octanol–water partition coefficient (Wildman–Crippen LogP) is 2.58. The fourth-order valence-corrected chi connectivity index (χ4v) is 3.18. The number of fused-ring (bicyclic) bond motifs is 1. The van der Waals surface area contributed by atoms with Crippen molar-refractivity contribution in [1.82, 2.24) is 4.57 Å². The summed E-state index contributed by atoms with van der Waals surface area (Å²) in [4.78, 5) is 0. The van der Waals surface area contributed by atoms with Crippen LogP contribution in [-0.2, 0) is 11.3 Å². The van der Waals surface area contributed by atoms with Gasteiger partial charge in [-0.15, -0.1) is 0 Å². The van der Waals surface area contributed by atoms with Crippen LogP contribution in [0.4, 0.5) is 5.69 Å². The summed E-state index contributed by atoms with van der Waals surface area (Å²) in [7, 11) is 3.57. The molecule has 122 valence electrons. The summed E-state index contributed by atoms with van der Waals surface area (Å²) in [6, 6.07) is 10.6. The average molecular weight is 319 g/mol. The number of nitrogens with zero attached hydrogens (tertiary/aromatic N) is 2. The van der Waals surface area contributed by atoms with Crippen molar-refractivity contribution >= 4 is 17.8 Å². The third-order valence-electron chi connectivity index (χ3n) is 4.37. The number of nitrogens with one attached hydrogen (secondary N) is 1. The van der Waals surface area contributed by atoms with Gasteiger partial charge in [-0.1, -0.05) is 18.2 Å². The van der Waals surface area contributed by atoms with Crippen LogP contribution in [-0.4, -0.2) is 18.7 Å². The lowest BCUT2D eigenvalue weighted by Crippen LogP contribution is -2.29. The summed E-state index contributed by atoms with van der Waals surface area (Å²) < 4.78 is 7.62. The van der Waals surface area contributed by atoms with Crippen LogP contribution in [0, 0.1) is 11.3 Å². The zero-order valence-electron chi connectivity index (χ0n) is 14.3. The molecule has 0 unspecified atom stereocenters. The van der Waals surface area contributed by atoms with E-state index in [0.717, 1.165) is 51.8 Å². The molecule has 2 aromatic rings. The van der Waals surface area contributed by atoms with Gasteiger partial charge in [0.05, 0.1) is 23.7 Å². The van der Waals surface area contributed by atoms with Gasteiger partial charge in [0.25, 0.3) is 0 Å². The maximum Gasteiger partial charge on any atom is 0.117 e. The molecule has 1 aliphatic rings. The Hall–Kier alpha value is -2.93. The predicted molar refractivity (Wildman–Crippen MR) is 97.7 cm³/mol. The van der Waals surface area contributed by atoms with Crippen molar-refractivity contribution in [3.63, 3.8) is 0 Å². The first-order valence-corrected chi connectivity index (χ1v) is 8.10. The van der Waals surface area contributed by atoms with Crippen LogP contribution >= 0.6 is 0 Å². The van der Waals surface area contributed by atoms with Crippen molar-refractivity contribution in [1.29, 1.82) is 5.26 Å². The van der Waals surface area contributed by atoms with Gasteiger partial charge < -0.3 is 14.6 Å². The van der Waals surface area contributed by atoms with Crippen LogP contribution in [0.25, 0.3) is 23.4 Å². The van der Waals surface area contributed by atoms with Gasteiger partial charge in [-0.3, -0.25) is 0 Å². The number of hydrogen-bond donors (Lipinski definition) is 1. The third kappa shape index (κ3) is 2.59. The minimum absolute atomic E-state index is 0.728. The van der Waals surface area contributed by atoms with E-state index in [9.17, 15) is 5.26 Å². The fourth-order valence-electron chi connectivity index (χ4n) is 3.18. The van der Waals surface area contributed by atoms with Gasteiger partial charge in [-0.25, -0.2) is 0 Å². The molecule has 1 N–H and O–H groups in total. The van der Waals surface area contributed by atoms with E-state index in [-0.39, 0.29) is 0 Å². The van der Waals surface area contributed by atoms with Gasteiger partial charge in [0.1, 0.15) is 11.8 Å². The maximum atomic E-state index is 9.80. The second-order valence-electron chi connectivity index (χ2n) is 5.60. The van der Waals surface area contributed by atoms with Crippen LogP contribution in [0.5, 0.6) is 0 Å². The molecular weight excluding hydrogens is 298 g/mol. The highest BCUT2D eigenvalue weighted by molar-refractivity contribution is 5.72. The molecule has 3 rings (SSSR count). The zero-order chi connectivity index (χ0) is 17.1. The smallest absolute Gasteiger partial charge is 0.117 e. The SMILES string of the molecule is CCn1c(-c2ccc(NC)cc2)c(C#N)c2c1=CC(OC)=CCC=2. The largest absolute Gasteiger partial charge is 0.497 e. The van der Waals surface area contributed by atoms with Crippen molar-refractivity contribution in [2.75, 3.05) is 19.5 Å². The summed E-state index contributed by atoms with van der Waals surface area (Å²) in [5.41, 5.74) is 3.80. The molecule has 4 heteroatoms. The molecule has 0 fully saturated rings. The van der Waals surface area contributed by atoms with E-state index in [1.165, 1.54) is 0 Å². The monoisotopic (exact) mass is 319 g/mol. The number of benzene rings is 1. The molecule has 1 aromatic carbocycles. The number of methoxy groups -OCH3 is 1. The summed E-state index contributed by atoms with van der Waals surface area (Å²) >= 11 is 0. The van der Waals surface area contributed by atoms with Crippen molar-refractivity contribution < 1.29 is 4.74 Å². The van der Waals surface area contributed by atoms with Crippen molar-refractivity contribution in [3.05, 3.63) is 52.2 Å². The molecule has 0 saturated heterocycles. The highest BCUT2D eigenvalue weighted by Crippen LogP contribution is 2.23. The number of rotatable bonds is 4. The normalized spacial score (nSPS) is 12.8. The first-order chi connectivity index (χ1) is 11.7. The molecule has 1 heterocycles.